The summed E-state index contributed by atoms with van der Waals surface area (Å²) in [6, 6.07) is 17.5. The number of methoxy groups -OCH3 is 1. The van der Waals surface area contributed by atoms with Crippen LogP contribution < -0.4 is 4.74 Å². The van der Waals surface area contributed by atoms with Crippen molar-refractivity contribution in [2.75, 3.05) is 20.2 Å². The zero-order valence-electron chi connectivity index (χ0n) is 18.8. The lowest BCUT2D eigenvalue weighted by Crippen LogP contribution is -2.46. The average Bonchev–Trinajstić information content (AvgIpc) is 3.28. The number of hydrogen-bond acceptors (Lipinski definition) is 5. The summed E-state index contributed by atoms with van der Waals surface area (Å²) in [4.78, 5) is 27.5. The molecule has 5 heteroatoms. The Hall–Kier alpha value is -2.66. The van der Waals surface area contributed by atoms with Crippen molar-refractivity contribution in [3.8, 4) is 5.75 Å². The third kappa shape index (κ3) is 5.21. The van der Waals surface area contributed by atoms with Gasteiger partial charge < -0.3 is 14.3 Å². The van der Waals surface area contributed by atoms with E-state index in [1.54, 1.807) is 7.11 Å². The highest BCUT2D eigenvalue weighted by molar-refractivity contribution is 5.76. The average molecular weight is 436 g/mol. The first-order valence-electron chi connectivity index (χ1n) is 11.7. The van der Waals surface area contributed by atoms with Gasteiger partial charge >= 0.3 is 5.97 Å². The summed E-state index contributed by atoms with van der Waals surface area (Å²) >= 11 is 0. The zero-order chi connectivity index (χ0) is 22.3. The van der Waals surface area contributed by atoms with Crippen LogP contribution in [0.25, 0.3) is 0 Å². The molecule has 0 radical (unpaired) electrons. The number of esters is 1. The van der Waals surface area contributed by atoms with E-state index in [2.05, 4.69) is 17.0 Å². The van der Waals surface area contributed by atoms with Crippen LogP contribution in [0.1, 0.15) is 49.1 Å². The molecule has 4 rings (SSSR count). The standard InChI is InChI=1S/C27H33NO4/c1-31-24-14-12-20(13-15-24)19-32-27(30)26(22-10-6-3-7-11-22)28-16-23(18-29)25(17-28)21-8-4-2-5-9-21/h2,4-5,8-9,12-15,18,22-23,25-26H,3,6-7,10-11,16-17,19H2,1H3. The molecule has 2 fully saturated rings. The van der Waals surface area contributed by atoms with Gasteiger partial charge in [-0.25, -0.2) is 0 Å². The van der Waals surface area contributed by atoms with Crippen molar-refractivity contribution in [2.24, 2.45) is 11.8 Å². The van der Waals surface area contributed by atoms with E-state index in [1.807, 2.05) is 42.5 Å². The lowest BCUT2D eigenvalue weighted by Gasteiger charge is -2.35. The first kappa shape index (κ1) is 22.5. The van der Waals surface area contributed by atoms with E-state index in [4.69, 9.17) is 9.47 Å². The van der Waals surface area contributed by atoms with E-state index in [9.17, 15) is 9.59 Å². The molecule has 0 aromatic heterocycles. The van der Waals surface area contributed by atoms with Crippen LogP contribution in [0.5, 0.6) is 5.75 Å². The largest absolute Gasteiger partial charge is 0.497 e. The number of nitrogens with zero attached hydrogens (tertiary/aromatic N) is 1. The van der Waals surface area contributed by atoms with Gasteiger partial charge in [0.2, 0.25) is 0 Å². The Morgan fingerprint density at radius 1 is 1.03 bits per heavy atom. The Kier molecular flexibility index (Phi) is 7.59. The quantitative estimate of drug-likeness (QED) is 0.448. The smallest absolute Gasteiger partial charge is 0.323 e. The molecule has 1 aliphatic heterocycles. The number of likely N-dealkylation sites (tertiary alicyclic amines) is 1. The van der Waals surface area contributed by atoms with Gasteiger partial charge in [0.1, 0.15) is 24.7 Å². The molecule has 2 aromatic rings. The van der Waals surface area contributed by atoms with Gasteiger partial charge in [-0.15, -0.1) is 0 Å². The molecular formula is C27H33NO4. The fraction of sp³-hybridized carbons (Fsp3) is 0.481. The minimum absolute atomic E-state index is 0.0992. The Balaban J connectivity index is 1.49. The molecule has 170 valence electrons. The van der Waals surface area contributed by atoms with Crippen molar-refractivity contribution < 1.29 is 19.1 Å². The molecule has 1 aliphatic carbocycles. The number of rotatable bonds is 8. The van der Waals surface area contributed by atoms with E-state index in [-0.39, 0.29) is 36.4 Å². The first-order chi connectivity index (χ1) is 15.7. The van der Waals surface area contributed by atoms with Crippen molar-refractivity contribution in [1.82, 2.24) is 4.90 Å². The maximum Gasteiger partial charge on any atom is 0.323 e. The highest BCUT2D eigenvalue weighted by Crippen LogP contribution is 2.37. The van der Waals surface area contributed by atoms with Crippen LogP contribution in [0.4, 0.5) is 0 Å². The van der Waals surface area contributed by atoms with Crippen LogP contribution in [0.2, 0.25) is 0 Å². The highest BCUT2D eigenvalue weighted by atomic mass is 16.5. The topological polar surface area (TPSA) is 55.8 Å². The Morgan fingerprint density at radius 2 is 1.75 bits per heavy atom. The molecule has 0 spiro atoms. The number of benzene rings is 2. The van der Waals surface area contributed by atoms with Crippen LogP contribution >= 0.6 is 0 Å². The molecule has 3 atom stereocenters. The van der Waals surface area contributed by atoms with Crippen LogP contribution in [0.15, 0.2) is 54.6 Å². The predicted octanol–water partition coefficient (Wildman–Crippen LogP) is 4.60. The molecule has 32 heavy (non-hydrogen) atoms. The lowest BCUT2D eigenvalue weighted by molar-refractivity contribution is -0.154. The van der Waals surface area contributed by atoms with Crippen LogP contribution in [-0.2, 0) is 20.9 Å². The van der Waals surface area contributed by atoms with Gasteiger partial charge in [0.05, 0.1) is 7.11 Å². The Bertz CT molecular complexity index is 876. The van der Waals surface area contributed by atoms with E-state index < -0.39 is 0 Å². The number of carbonyl (C=O) groups is 2. The molecule has 2 aliphatic rings. The summed E-state index contributed by atoms with van der Waals surface area (Å²) in [5.74, 6) is 0.927. The van der Waals surface area contributed by atoms with Crippen molar-refractivity contribution in [3.63, 3.8) is 0 Å². The maximum atomic E-state index is 13.4. The second-order valence-electron chi connectivity index (χ2n) is 9.07. The van der Waals surface area contributed by atoms with Gasteiger partial charge in [0, 0.05) is 24.9 Å². The monoisotopic (exact) mass is 435 g/mol. The zero-order valence-corrected chi connectivity index (χ0v) is 18.8. The van der Waals surface area contributed by atoms with Gasteiger partial charge in [-0.2, -0.15) is 0 Å². The van der Waals surface area contributed by atoms with Crippen LogP contribution in [0, 0.1) is 11.8 Å². The van der Waals surface area contributed by atoms with Gasteiger partial charge in [-0.05, 0) is 42.0 Å². The van der Waals surface area contributed by atoms with E-state index in [1.165, 1.54) is 12.0 Å². The second-order valence-corrected chi connectivity index (χ2v) is 9.07. The summed E-state index contributed by atoms with van der Waals surface area (Å²) in [7, 11) is 1.63. The van der Waals surface area contributed by atoms with Gasteiger partial charge in [-0.1, -0.05) is 61.7 Å². The van der Waals surface area contributed by atoms with Gasteiger partial charge in [-0.3, -0.25) is 9.69 Å². The van der Waals surface area contributed by atoms with Gasteiger partial charge in [0.25, 0.3) is 0 Å². The molecule has 0 bridgehead atoms. The van der Waals surface area contributed by atoms with E-state index in [0.29, 0.717) is 13.1 Å². The summed E-state index contributed by atoms with van der Waals surface area (Å²) in [5.41, 5.74) is 2.11. The minimum Gasteiger partial charge on any atom is -0.497 e. The van der Waals surface area contributed by atoms with Crippen LogP contribution in [-0.4, -0.2) is 43.4 Å². The van der Waals surface area contributed by atoms with Crippen molar-refractivity contribution >= 4 is 12.3 Å². The molecule has 2 aromatic carbocycles. The minimum atomic E-state index is -0.287. The lowest BCUT2D eigenvalue weighted by atomic mass is 9.83. The summed E-state index contributed by atoms with van der Waals surface area (Å²) < 4.78 is 11.0. The Labute approximate surface area is 190 Å². The third-order valence-electron chi connectivity index (χ3n) is 7.07. The number of ether oxygens (including phenoxy) is 2. The molecule has 0 amide bonds. The highest BCUT2D eigenvalue weighted by Gasteiger charge is 2.43. The van der Waals surface area contributed by atoms with Crippen molar-refractivity contribution in [3.05, 3.63) is 65.7 Å². The van der Waals surface area contributed by atoms with Crippen LogP contribution in [0.3, 0.4) is 0 Å². The van der Waals surface area contributed by atoms with E-state index in [0.717, 1.165) is 43.3 Å². The molecule has 1 saturated carbocycles. The first-order valence-corrected chi connectivity index (χ1v) is 11.7. The normalized spacial score (nSPS) is 22.9. The third-order valence-corrected chi connectivity index (χ3v) is 7.07. The second kappa shape index (κ2) is 10.8. The summed E-state index contributed by atoms with van der Waals surface area (Å²) in [6.45, 7) is 1.58. The SMILES string of the molecule is COc1ccc(COC(=O)C(C2CCCCC2)N2CC(C=O)C(c3ccccc3)C2)cc1. The molecule has 1 heterocycles. The summed E-state index contributed by atoms with van der Waals surface area (Å²) in [5, 5.41) is 0. The van der Waals surface area contributed by atoms with Gasteiger partial charge in [0.15, 0.2) is 0 Å². The molecule has 5 nitrogen and oxygen atoms in total. The predicted molar refractivity (Wildman–Crippen MR) is 123 cm³/mol. The number of carbonyl (C=O) groups excluding carboxylic acids is 2. The number of hydrogen-bond donors (Lipinski definition) is 0. The molecule has 0 N–H and O–H groups in total. The molecular weight excluding hydrogens is 402 g/mol. The molecule has 3 unspecified atom stereocenters. The molecule has 1 saturated heterocycles. The summed E-state index contributed by atoms with van der Waals surface area (Å²) in [6.07, 6.45) is 6.69. The fourth-order valence-electron chi connectivity index (χ4n) is 5.33. The van der Waals surface area contributed by atoms with E-state index >= 15 is 0 Å². The fourth-order valence-corrected chi connectivity index (χ4v) is 5.33. The van der Waals surface area contributed by atoms with Crippen molar-refractivity contribution in [2.45, 2.75) is 50.7 Å². The number of aldehydes is 1. The Morgan fingerprint density at radius 3 is 2.41 bits per heavy atom. The van der Waals surface area contributed by atoms with Crippen molar-refractivity contribution in [1.29, 1.82) is 0 Å². The maximum absolute atomic E-state index is 13.4.